The van der Waals surface area contributed by atoms with Crippen molar-refractivity contribution in [2.24, 2.45) is 11.5 Å². The lowest BCUT2D eigenvalue weighted by atomic mass is 9.93. The first-order valence-electron chi connectivity index (χ1n) is 16.4. The fourth-order valence-electron chi connectivity index (χ4n) is 6.52. The van der Waals surface area contributed by atoms with E-state index in [0.29, 0.717) is 24.2 Å². The Kier molecular flexibility index (Phi) is 13.1. The molecule has 0 radical (unpaired) electrons. The molecule has 1 heterocycles. The maximum absolute atomic E-state index is 14.3. The lowest BCUT2D eigenvalue weighted by Crippen LogP contribution is -2.72. The van der Waals surface area contributed by atoms with Crippen LogP contribution in [0.1, 0.15) is 58.9 Å². The van der Waals surface area contributed by atoms with Crippen LogP contribution >= 0.6 is 0 Å². The number of nitrogens with zero attached hydrogens (tertiary/aromatic N) is 2. The molecule has 13 heteroatoms. The number of aliphatic hydroxyl groups is 1. The minimum absolute atomic E-state index is 0.0364. The summed E-state index contributed by atoms with van der Waals surface area (Å²) < 4.78 is 5.23. The number of hydrogen-bond acceptors (Lipinski definition) is 8. The standard InChI is InChI=1S/C35H50N6O7/c1-6-18-40(5)24-14-16-25(17-15-24)48-22-30(43)38-27(21-29(36)42)33(46)39-26(20-23-11-8-7-9-12-23)31(44)34(47)41(35(2,3)4)19-10-13-28(41)32(37)45/h7-9,11-12,14-17,26-28,31,44H,6,10,13,18-22H2,1-5H3,(H5-,36,37,38,39,42,43,45,46)/p+1/t26-,27-,28-,31-,41?/m0/s1. The van der Waals surface area contributed by atoms with Crippen molar-refractivity contribution in [1.82, 2.24) is 10.6 Å². The van der Waals surface area contributed by atoms with Crippen LogP contribution in [0.25, 0.3) is 0 Å². The van der Waals surface area contributed by atoms with E-state index in [2.05, 4.69) is 22.5 Å². The minimum Gasteiger partial charge on any atom is -0.484 e. The normalized spacial score (nSPS) is 19.4. The Bertz CT molecular complexity index is 1430. The topological polar surface area (TPSA) is 194 Å². The van der Waals surface area contributed by atoms with E-state index < -0.39 is 72.3 Å². The van der Waals surface area contributed by atoms with Gasteiger partial charge in [-0.15, -0.1) is 0 Å². The van der Waals surface area contributed by atoms with E-state index in [0.717, 1.165) is 18.7 Å². The van der Waals surface area contributed by atoms with Gasteiger partial charge in [0.2, 0.25) is 11.8 Å². The van der Waals surface area contributed by atoms with Crippen LogP contribution in [0, 0.1) is 0 Å². The van der Waals surface area contributed by atoms with E-state index in [1.165, 1.54) is 0 Å². The lowest BCUT2D eigenvalue weighted by Gasteiger charge is -2.47. The molecule has 2 aromatic rings. The van der Waals surface area contributed by atoms with Crippen molar-refractivity contribution in [3.63, 3.8) is 0 Å². The largest absolute Gasteiger partial charge is 0.484 e. The fourth-order valence-corrected chi connectivity index (χ4v) is 6.52. The van der Waals surface area contributed by atoms with E-state index >= 15 is 0 Å². The lowest BCUT2D eigenvalue weighted by molar-refractivity contribution is -0.904. The highest BCUT2D eigenvalue weighted by atomic mass is 16.5. The third-order valence-electron chi connectivity index (χ3n) is 8.96. The smallest absolute Gasteiger partial charge is 0.345 e. The Balaban J connectivity index is 1.81. The van der Waals surface area contributed by atoms with Gasteiger partial charge in [0.05, 0.1) is 24.5 Å². The van der Waals surface area contributed by atoms with Crippen LogP contribution in [0.5, 0.6) is 5.75 Å². The molecule has 1 fully saturated rings. The average Bonchev–Trinajstić information content (AvgIpc) is 3.50. The number of primary amides is 2. The number of nitrogens with two attached hydrogens (primary N) is 2. The third kappa shape index (κ3) is 9.32. The molecule has 5 atom stereocenters. The molecular formula is C35H51N6O7+. The number of quaternary nitrogens is 1. The van der Waals surface area contributed by atoms with Crippen molar-refractivity contribution in [2.75, 3.05) is 31.6 Å². The Morgan fingerprint density at radius 2 is 1.67 bits per heavy atom. The van der Waals surface area contributed by atoms with Crippen LogP contribution < -0.4 is 31.7 Å². The second-order valence-corrected chi connectivity index (χ2v) is 13.4. The van der Waals surface area contributed by atoms with Crippen LogP contribution in [0.4, 0.5) is 5.69 Å². The summed E-state index contributed by atoms with van der Waals surface area (Å²) in [6.07, 6.45) is -0.340. The van der Waals surface area contributed by atoms with Gasteiger partial charge in [-0.3, -0.25) is 19.2 Å². The first-order chi connectivity index (χ1) is 22.6. The van der Waals surface area contributed by atoms with Gasteiger partial charge in [-0.2, -0.15) is 0 Å². The molecule has 7 N–H and O–H groups in total. The van der Waals surface area contributed by atoms with Crippen molar-refractivity contribution in [1.29, 1.82) is 0 Å². The third-order valence-corrected chi connectivity index (χ3v) is 8.96. The summed E-state index contributed by atoms with van der Waals surface area (Å²) >= 11 is 0. The Hall–Kier alpha value is -4.49. The van der Waals surface area contributed by atoms with Gasteiger partial charge >= 0.3 is 5.91 Å². The second-order valence-electron chi connectivity index (χ2n) is 13.4. The number of carbonyl (C=O) groups is 5. The van der Waals surface area contributed by atoms with E-state index in [1.807, 2.05) is 40.0 Å². The highest BCUT2D eigenvalue weighted by molar-refractivity contribution is 5.92. The van der Waals surface area contributed by atoms with Gasteiger partial charge in [0.1, 0.15) is 11.8 Å². The number of aliphatic hydroxyl groups excluding tert-OH is 1. The molecule has 1 saturated heterocycles. The first-order valence-corrected chi connectivity index (χ1v) is 16.4. The molecule has 1 aliphatic heterocycles. The van der Waals surface area contributed by atoms with Gasteiger partial charge in [-0.05, 0) is 63.4 Å². The predicted octanol–water partition coefficient (Wildman–Crippen LogP) is 1.15. The Morgan fingerprint density at radius 1 is 1.02 bits per heavy atom. The summed E-state index contributed by atoms with van der Waals surface area (Å²) in [7, 11) is 1.98. The molecule has 0 saturated carbocycles. The molecule has 0 aliphatic carbocycles. The van der Waals surface area contributed by atoms with E-state index in [-0.39, 0.29) is 17.4 Å². The van der Waals surface area contributed by atoms with E-state index in [4.69, 9.17) is 16.2 Å². The molecule has 13 nitrogen and oxygen atoms in total. The van der Waals surface area contributed by atoms with Gasteiger partial charge in [0.15, 0.2) is 18.8 Å². The van der Waals surface area contributed by atoms with Crippen LogP contribution in [0.15, 0.2) is 54.6 Å². The molecule has 48 heavy (non-hydrogen) atoms. The summed E-state index contributed by atoms with van der Waals surface area (Å²) in [5.74, 6) is -3.21. The van der Waals surface area contributed by atoms with Gasteiger partial charge in [-0.25, -0.2) is 9.28 Å². The summed E-state index contributed by atoms with van der Waals surface area (Å²) in [5, 5.41) is 16.9. The minimum atomic E-state index is -1.76. The van der Waals surface area contributed by atoms with Crippen LogP contribution in [0.3, 0.4) is 0 Å². The van der Waals surface area contributed by atoms with Gasteiger partial charge in [0.25, 0.3) is 11.8 Å². The highest BCUT2D eigenvalue weighted by Gasteiger charge is 2.60. The van der Waals surface area contributed by atoms with Gasteiger partial charge < -0.3 is 36.8 Å². The van der Waals surface area contributed by atoms with Gasteiger partial charge in [0, 0.05) is 32.1 Å². The monoisotopic (exact) mass is 667 g/mol. The highest BCUT2D eigenvalue weighted by Crippen LogP contribution is 2.38. The fraction of sp³-hybridized carbons (Fsp3) is 0.514. The zero-order valence-corrected chi connectivity index (χ0v) is 28.6. The number of amides is 5. The maximum atomic E-state index is 14.3. The maximum Gasteiger partial charge on any atom is 0.345 e. The predicted molar refractivity (Wildman–Crippen MR) is 181 cm³/mol. The van der Waals surface area contributed by atoms with Crippen molar-refractivity contribution in [3.05, 3.63) is 60.2 Å². The number of likely N-dealkylation sites (tertiary alicyclic amines) is 1. The zero-order chi connectivity index (χ0) is 35.6. The number of rotatable bonds is 16. The first kappa shape index (κ1) is 38.0. The molecule has 5 amide bonds. The summed E-state index contributed by atoms with van der Waals surface area (Å²) in [4.78, 5) is 67.4. The molecule has 0 spiro atoms. The van der Waals surface area contributed by atoms with Crippen molar-refractivity contribution < 1.29 is 38.3 Å². The number of nitrogens with one attached hydrogen (secondary N) is 2. The summed E-state index contributed by atoms with van der Waals surface area (Å²) in [5.41, 5.74) is 12.1. The van der Waals surface area contributed by atoms with Crippen molar-refractivity contribution in [2.45, 2.75) is 89.6 Å². The summed E-state index contributed by atoms with van der Waals surface area (Å²) in [6.45, 7) is 8.24. The number of benzene rings is 2. The van der Waals surface area contributed by atoms with Crippen molar-refractivity contribution in [3.8, 4) is 5.75 Å². The molecule has 2 aromatic carbocycles. The van der Waals surface area contributed by atoms with Gasteiger partial charge in [-0.1, -0.05) is 37.3 Å². The molecule has 262 valence electrons. The zero-order valence-electron chi connectivity index (χ0n) is 28.6. The van der Waals surface area contributed by atoms with Crippen LogP contribution in [-0.4, -0.2) is 95.6 Å². The summed E-state index contributed by atoms with van der Waals surface area (Å²) in [6, 6.07) is 12.7. The Labute approximate surface area is 282 Å². The second kappa shape index (κ2) is 16.6. The molecule has 1 unspecified atom stereocenters. The van der Waals surface area contributed by atoms with Crippen LogP contribution in [0.2, 0.25) is 0 Å². The molecule has 1 aliphatic rings. The Morgan fingerprint density at radius 3 is 2.23 bits per heavy atom. The number of hydrogen-bond donors (Lipinski definition) is 5. The number of ether oxygens (including phenoxy) is 1. The molecule has 3 rings (SSSR count). The van der Waals surface area contributed by atoms with E-state index in [1.54, 1.807) is 42.5 Å². The molecular weight excluding hydrogens is 616 g/mol. The quantitative estimate of drug-likeness (QED) is 0.165. The van der Waals surface area contributed by atoms with Crippen LogP contribution in [-0.2, 0) is 30.4 Å². The number of anilines is 1. The average molecular weight is 668 g/mol. The van der Waals surface area contributed by atoms with Crippen molar-refractivity contribution >= 4 is 35.2 Å². The molecule has 0 aromatic heterocycles. The SMILES string of the molecule is CCCN(C)c1ccc(OCC(=O)N[C@@H](CC(N)=O)C(=O)N[C@@H](Cc2ccccc2)[C@H](O)C(=O)[N+]2(C(C)(C)C)CCC[C@H]2C(N)=O)cc1. The van der Waals surface area contributed by atoms with E-state index in [9.17, 15) is 29.1 Å². The number of carbonyl (C=O) groups excluding carboxylic acids is 5. The molecule has 0 bridgehead atoms.